The Morgan fingerprint density at radius 3 is 2.39 bits per heavy atom. The quantitative estimate of drug-likeness (QED) is 0.866. The Morgan fingerprint density at radius 1 is 1.00 bits per heavy atom. The number of aryl methyl sites for hydroxylation is 2. The van der Waals surface area contributed by atoms with Gasteiger partial charge in [-0.05, 0) is 61.1 Å². The maximum Gasteiger partial charge on any atom is 0.220 e. The maximum atomic E-state index is 12.2. The molecule has 0 radical (unpaired) electrons. The molecule has 1 aliphatic rings. The zero-order valence-electron chi connectivity index (χ0n) is 13.7. The van der Waals surface area contributed by atoms with E-state index in [1.54, 1.807) is 19.2 Å². The molecule has 120 valence electrons. The van der Waals surface area contributed by atoms with Gasteiger partial charge in [0.05, 0.1) is 14.2 Å². The third-order valence-corrected chi connectivity index (χ3v) is 4.57. The second-order valence-corrected chi connectivity index (χ2v) is 5.85. The summed E-state index contributed by atoms with van der Waals surface area (Å²) >= 11 is 0. The van der Waals surface area contributed by atoms with Crippen LogP contribution in [0.2, 0.25) is 0 Å². The first-order chi connectivity index (χ1) is 11.1. The van der Waals surface area contributed by atoms with Crippen LogP contribution in [-0.2, 0) is 12.8 Å². The molecule has 0 aliphatic heterocycles. The average molecular weight is 311 g/mol. The van der Waals surface area contributed by atoms with Gasteiger partial charge < -0.3 is 15.2 Å². The van der Waals surface area contributed by atoms with Crippen molar-refractivity contribution in [2.45, 2.75) is 26.2 Å². The van der Waals surface area contributed by atoms with E-state index in [9.17, 15) is 4.79 Å². The van der Waals surface area contributed by atoms with Crippen LogP contribution < -0.4 is 20.6 Å². The summed E-state index contributed by atoms with van der Waals surface area (Å²) in [5, 5.41) is 0. The van der Waals surface area contributed by atoms with Gasteiger partial charge in [-0.3, -0.25) is 4.79 Å². The number of benzene rings is 1. The fourth-order valence-corrected chi connectivity index (χ4v) is 3.30. The fraction of sp³-hybridized carbons (Fsp3) is 0.316. The minimum Gasteiger partial charge on any atom is -0.496 e. The van der Waals surface area contributed by atoms with Gasteiger partial charge in [0.1, 0.15) is 5.75 Å². The highest BCUT2D eigenvalue weighted by Crippen LogP contribution is 2.41. The predicted molar refractivity (Wildman–Crippen MR) is 92.4 cm³/mol. The van der Waals surface area contributed by atoms with Gasteiger partial charge in [0, 0.05) is 16.8 Å². The molecule has 1 aliphatic carbocycles. The molecular formula is C19H21NO3. The highest BCUT2D eigenvalue weighted by atomic mass is 16.5. The van der Waals surface area contributed by atoms with Crippen molar-refractivity contribution in [2.24, 2.45) is 0 Å². The number of hydrogen-bond acceptors (Lipinski definition) is 4. The van der Waals surface area contributed by atoms with E-state index in [0.29, 0.717) is 5.75 Å². The molecule has 2 N–H and O–H groups in total. The molecule has 0 heterocycles. The highest BCUT2D eigenvalue weighted by Gasteiger charge is 2.20. The summed E-state index contributed by atoms with van der Waals surface area (Å²) in [6.07, 6.45) is 2.73. The highest BCUT2D eigenvalue weighted by molar-refractivity contribution is 5.85. The van der Waals surface area contributed by atoms with Gasteiger partial charge in [0.2, 0.25) is 5.43 Å². The average Bonchev–Trinajstić information content (AvgIpc) is 2.80. The van der Waals surface area contributed by atoms with Crippen LogP contribution in [0.1, 0.15) is 23.1 Å². The molecule has 3 rings (SSSR count). The lowest BCUT2D eigenvalue weighted by atomic mass is 9.93. The summed E-state index contributed by atoms with van der Waals surface area (Å²) < 4.78 is 10.6. The monoisotopic (exact) mass is 311 g/mol. The van der Waals surface area contributed by atoms with Gasteiger partial charge >= 0.3 is 0 Å². The van der Waals surface area contributed by atoms with Crippen molar-refractivity contribution < 1.29 is 9.47 Å². The third kappa shape index (κ3) is 2.54. The molecule has 0 saturated heterocycles. The molecule has 4 heteroatoms. The Morgan fingerprint density at radius 2 is 1.70 bits per heavy atom. The summed E-state index contributed by atoms with van der Waals surface area (Å²) in [6.45, 7) is 1.96. The van der Waals surface area contributed by atoms with Gasteiger partial charge in [0.25, 0.3) is 0 Å². The summed E-state index contributed by atoms with van der Waals surface area (Å²) in [7, 11) is 3.17. The largest absolute Gasteiger partial charge is 0.496 e. The molecule has 2 aromatic carbocycles. The van der Waals surface area contributed by atoms with Crippen LogP contribution in [0.5, 0.6) is 11.5 Å². The van der Waals surface area contributed by atoms with E-state index >= 15 is 0 Å². The summed E-state index contributed by atoms with van der Waals surface area (Å²) in [5.41, 5.74) is 12.2. The van der Waals surface area contributed by atoms with Crippen LogP contribution in [0.15, 0.2) is 29.1 Å². The molecule has 0 atom stereocenters. The molecule has 0 amide bonds. The lowest BCUT2D eigenvalue weighted by molar-refractivity contribution is 0.411. The SMILES string of the molecule is COc1cc2c(c(N)c1C)-c1ccc(OC)c(=O)cc1CCC2. The van der Waals surface area contributed by atoms with Crippen LogP contribution >= 0.6 is 0 Å². The molecule has 2 aromatic rings. The van der Waals surface area contributed by atoms with Crippen molar-refractivity contribution in [3.8, 4) is 22.6 Å². The van der Waals surface area contributed by atoms with Gasteiger partial charge in [-0.25, -0.2) is 0 Å². The second kappa shape index (κ2) is 5.95. The van der Waals surface area contributed by atoms with Crippen LogP contribution in [0.3, 0.4) is 0 Å². The zero-order chi connectivity index (χ0) is 16.6. The molecule has 0 saturated carbocycles. The molecule has 0 bridgehead atoms. The minimum absolute atomic E-state index is 0.0963. The topological polar surface area (TPSA) is 61.6 Å². The number of methoxy groups -OCH3 is 2. The van der Waals surface area contributed by atoms with E-state index < -0.39 is 0 Å². The third-order valence-electron chi connectivity index (χ3n) is 4.57. The van der Waals surface area contributed by atoms with E-state index in [1.165, 1.54) is 12.7 Å². The fourth-order valence-electron chi connectivity index (χ4n) is 3.30. The van der Waals surface area contributed by atoms with E-state index in [2.05, 4.69) is 6.07 Å². The number of rotatable bonds is 2. The van der Waals surface area contributed by atoms with Crippen molar-refractivity contribution in [1.29, 1.82) is 0 Å². The Bertz CT molecular complexity index is 828. The van der Waals surface area contributed by atoms with Crippen LogP contribution in [0.4, 0.5) is 5.69 Å². The van der Waals surface area contributed by atoms with Crippen LogP contribution in [0, 0.1) is 6.92 Å². The zero-order valence-corrected chi connectivity index (χ0v) is 13.7. The summed E-state index contributed by atoms with van der Waals surface area (Å²) in [4.78, 5) is 12.2. The number of hydrogen-bond donors (Lipinski definition) is 1. The minimum atomic E-state index is -0.0963. The van der Waals surface area contributed by atoms with E-state index in [1.807, 2.05) is 13.0 Å². The van der Waals surface area contributed by atoms with Gasteiger partial charge in [-0.15, -0.1) is 0 Å². The first-order valence-corrected chi connectivity index (χ1v) is 7.74. The van der Waals surface area contributed by atoms with E-state index in [4.69, 9.17) is 15.2 Å². The number of fused-ring (bicyclic) bond motifs is 3. The van der Waals surface area contributed by atoms with Crippen LogP contribution in [0.25, 0.3) is 11.1 Å². The van der Waals surface area contributed by atoms with Crippen molar-refractivity contribution in [2.75, 3.05) is 20.0 Å². The second-order valence-electron chi connectivity index (χ2n) is 5.85. The standard InChI is InChI=1S/C19H21NO3/c1-11-17(23-3)10-13-6-4-5-12-9-15(21)16(22-2)8-7-14(12)18(13)19(11)20/h7-10H,4-6,20H2,1-3H3. The van der Waals surface area contributed by atoms with Crippen molar-refractivity contribution in [3.05, 3.63) is 51.2 Å². The number of anilines is 1. The lowest BCUT2D eigenvalue weighted by Gasteiger charge is -2.16. The van der Waals surface area contributed by atoms with Gasteiger partial charge in [0.15, 0.2) is 5.75 Å². The normalized spacial score (nSPS) is 12.8. The van der Waals surface area contributed by atoms with Gasteiger partial charge in [-0.1, -0.05) is 6.07 Å². The Labute approximate surface area is 135 Å². The molecule has 0 unspecified atom stereocenters. The van der Waals surface area contributed by atoms with E-state index in [0.717, 1.165) is 53.0 Å². The number of ether oxygens (including phenoxy) is 2. The number of nitrogens with two attached hydrogens (primary N) is 1. The molecule has 0 spiro atoms. The molecule has 0 fully saturated rings. The van der Waals surface area contributed by atoms with Gasteiger partial charge in [-0.2, -0.15) is 0 Å². The van der Waals surface area contributed by atoms with E-state index in [-0.39, 0.29) is 5.43 Å². The maximum absolute atomic E-state index is 12.2. The first-order valence-electron chi connectivity index (χ1n) is 7.74. The molecule has 23 heavy (non-hydrogen) atoms. The number of nitrogen functional groups attached to an aromatic ring is 1. The summed E-state index contributed by atoms with van der Waals surface area (Å²) in [6, 6.07) is 7.43. The molecule has 0 aromatic heterocycles. The van der Waals surface area contributed by atoms with Crippen molar-refractivity contribution >= 4 is 5.69 Å². The Balaban J connectivity index is 2.36. The lowest BCUT2D eigenvalue weighted by Crippen LogP contribution is -2.01. The Kier molecular flexibility index (Phi) is 3.99. The Hall–Kier alpha value is -2.49. The predicted octanol–water partition coefficient (Wildman–Crippen LogP) is 3.11. The van der Waals surface area contributed by atoms with Crippen LogP contribution in [-0.4, -0.2) is 14.2 Å². The summed E-state index contributed by atoms with van der Waals surface area (Å²) in [5.74, 6) is 1.16. The smallest absolute Gasteiger partial charge is 0.220 e. The van der Waals surface area contributed by atoms with Crippen molar-refractivity contribution in [1.82, 2.24) is 0 Å². The molecular weight excluding hydrogens is 290 g/mol. The van der Waals surface area contributed by atoms with Crippen molar-refractivity contribution in [3.63, 3.8) is 0 Å². The first kappa shape index (κ1) is 15.4. The molecule has 4 nitrogen and oxygen atoms in total.